The average molecular weight is 279 g/mol. The number of H-pyrrole nitrogens is 1. The second-order valence-electron chi connectivity index (χ2n) is 6.37. The highest BCUT2D eigenvalue weighted by molar-refractivity contribution is 5.43. The van der Waals surface area contributed by atoms with Gasteiger partial charge in [0, 0.05) is 5.92 Å². The zero-order valence-corrected chi connectivity index (χ0v) is 12.0. The number of nitrogens with zero attached hydrogens (tertiary/aromatic N) is 1. The van der Waals surface area contributed by atoms with Crippen molar-refractivity contribution in [2.45, 2.75) is 75.9 Å². The molecule has 112 valence electrons. The lowest BCUT2D eigenvalue weighted by Crippen LogP contribution is -2.31. The predicted molar refractivity (Wildman–Crippen MR) is 78.8 cm³/mol. The Morgan fingerprint density at radius 3 is 2.45 bits per heavy atom. The molecule has 1 aromatic rings. The van der Waals surface area contributed by atoms with E-state index in [4.69, 9.17) is 5.73 Å². The fourth-order valence-corrected chi connectivity index (χ4v) is 3.81. The first-order chi connectivity index (χ1) is 9.68. The van der Waals surface area contributed by atoms with E-state index in [-0.39, 0.29) is 11.6 Å². The number of nitrogens with one attached hydrogen (secondary N) is 1. The summed E-state index contributed by atoms with van der Waals surface area (Å²) in [5.41, 5.74) is 7.16. The van der Waals surface area contributed by atoms with E-state index in [0.29, 0.717) is 11.6 Å². The minimum absolute atomic E-state index is 0.137. The van der Waals surface area contributed by atoms with Crippen molar-refractivity contribution in [3.05, 3.63) is 16.0 Å². The SMILES string of the molecule is Nc1c(C2CCCC2)[nH]n(C2CCCCCC2O)c1=O. The average Bonchev–Trinajstić information content (AvgIpc) is 2.99. The second kappa shape index (κ2) is 5.64. The van der Waals surface area contributed by atoms with E-state index < -0.39 is 6.10 Å². The number of aliphatic hydroxyl groups is 1. The van der Waals surface area contributed by atoms with Gasteiger partial charge in [-0.1, -0.05) is 32.1 Å². The number of nitrogen functional groups attached to an aromatic ring is 1. The minimum Gasteiger partial charge on any atom is -0.393 e. The molecule has 5 nitrogen and oxygen atoms in total. The lowest BCUT2D eigenvalue weighted by molar-refractivity contribution is 0.0971. The van der Waals surface area contributed by atoms with Crippen LogP contribution >= 0.6 is 0 Å². The molecule has 0 saturated heterocycles. The molecule has 20 heavy (non-hydrogen) atoms. The molecule has 0 aliphatic heterocycles. The second-order valence-corrected chi connectivity index (χ2v) is 6.37. The highest BCUT2D eigenvalue weighted by Crippen LogP contribution is 2.35. The summed E-state index contributed by atoms with van der Waals surface area (Å²) in [4.78, 5) is 12.4. The summed E-state index contributed by atoms with van der Waals surface area (Å²) in [6, 6.07) is -0.137. The Kier molecular flexibility index (Phi) is 3.87. The highest BCUT2D eigenvalue weighted by Gasteiger charge is 2.29. The number of anilines is 1. The third kappa shape index (κ3) is 2.39. The summed E-state index contributed by atoms with van der Waals surface area (Å²) in [5, 5.41) is 13.5. The number of aliphatic hydroxyl groups excluding tert-OH is 1. The van der Waals surface area contributed by atoms with Gasteiger partial charge in [-0.2, -0.15) is 0 Å². The van der Waals surface area contributed by atoms with Crippen molar-refractivity contribution >= 4 is 5.69 Å². The van der Waals surface area contributed by atoms with Crippen LogP contribution in [0.15, 0.2) is 4.79 Å². The first-order valence-electron chi connectivity index (χ1n) is 7.96. The van der Waals surface area contributed by atoms with Crippen LogP contribution in [0.5, 0.6) is 0 Å². The molecule has 2 aliphatic rings. The van der Waals surface area contributed by atoms with E-state index in [9.17, 15) is 9.90 Å². The Morgan fingerprint density at radius 2 is 1.70 bits per heavy atom. The molecule has 0 bridgehead atoms. The Bertz CT molecular complexity index is 514. The summed E-state index contributed by atoms with van der Waals surface area (Å²) in [7, 11) is 0. The third-order valence-electron chi connectivity index (χ3n) is 5.02. The first kappa shape index (κ1) is 13.7. The van der Waals surface area contributed by atoms with Crippen LogP contribution in [-0.4, -0.2) is 21.0 Å². The molecule has 4 N–H and O–H groups in total. The van der Waals surface area contributed by atoms with E-state index in [0.717, 1.165) is 50.6 Å². The molecule has 0 aromatic carbocycles. The van der Waals surface area contributed by atoms with Crippen LogP contribution in [0.1, 0.15) is 75.4 Å². The fraction of sp³-hybridized carbons (Fsp3) is 0.800. The highest BCUT2D eigenvalue weighted by atomic mass is 16.3. The van der Waals surface area contributed by atoms with Gasteiger partial charge in [0.2, 0.25) is 0 Å². The molecule has 3 rings (SSSR count). The van der Waals surface area contributed by atoms with Crippen LogP contribution in [0.25, 0.3) is 0 Å². The number of aromatic amines is 1. The molecule has 2 unspecified atom stereocenters. The Morgan fingerprint density at radius 1 is 1.05 bits per heavy atom. The zero-order valence-electron chi connectivity index (χ0n) is 12.0. The van der Waals surface area contributed by atoms with Crippen LogP contribution in [0.4, 0.5) is 5.69 Å². The van der Waals surface area contributed by atoms with Gasteiger partial charge in [-0.05, 0) is 25.7 Å². The molecule has 2 atom stereocenters. The summed E-state index contributed by atoms with van der Waals surface area (Å²) in [6.45, 7) is 0. The van der Waals surface area contributed by atoms with Crippen molar-refractivity contribution in [1.82, 2.24) is 9.78 Å². The van der Waals surface area contributed by atoms with Crippen LogP contribution in [0, 0.1) is 0 Å². The summed E-state index contributed by atoms with van der Waals surface area (Å²) >= 11 is 0. The van der Waals surface area contributed by atoms with E-state index in [1.54, 1.807) is 4.68 Å². The summed E-state index contributed by atoms with van der Waals surface area (Å²) in [5.74, 6) is 0.395. The Balaban J connectivity index is 1.92. The van der Waals surface area contributed by atoms with Crippen molar-refractivity contribution < 1.29 is 5.11 Å². The molecular formula is C15H25N3O2. The third-order valence-corrected chi connectivity index (χ3v) is 5.02. The van der Waals surface area contributed by atoms with Crippen molar-refractivity contribution in [1.29, 1.82) is 0 Å². The van der Waals surface area contributed by atoms with Gasteiger partial charge >= 0.3 is 0 Å². The van der Waals surface area contributed by atoms with Gasteiger partial charge in [0.05, 0.1) is 17.8 Å². The maximum absolute atomic E-state index is 12.4. The van der Waals surface area contributed by atoms with E-state index in [1.807, 2.05) is 0 Å². The van der Waals surface area contributed by atoms with Crippen molar-refractivity contribution in [2.24, 2.45) is 0 Å². The topological polar surface area (TPSA) is 84.0 Å². The van der Waals surface area contributed by atoms with Gasteiger partial charge in [0.25, 0.3) is 5.56 Å². The molecule has 0 amide bonds. The number of rotatable bonds is 2. The van der Waals surface area contributed by atoms with Crippen LogP contribution in [-0.2, 0) is 0 Å². The van der Waals surface area contributed by atoms with Crippen molar-refractivity contribution in [3.63, 3.8) is 0 Å². The van der Waals surface area contributed by atoms with Gasteiger partial charge in [-0.3, -0.25) is 9.89 Å². The Hall–Kier alpha value is -1.23. The zero-order chi connectivity index (χ0) is 14.1. The lowest BCUT2D eigenvalue weighted by Gasteiger charge is -2.21. The van der Waals surface area contributed by atoms with Gasteiger partial charge in [0.1, 0.15) is 5.69 Å². The molecule has 1 heterocycles. The van der Waals surface area contributed by atoms with Crippen LogP contribution < -0.4 is 11.3 Å². The van der Waals surface area contributed by atoms with Crippen molar-refractivity contribution in [2.75, 3.05) is 5.73 Å². The van der Waals surface area contributed by atoms with E-state index in [2.05, 4.69) is 5.10 Å². The smallest absolute Gasteiger partial charge is 0.290 e. The first-order valence-corrected chi connectivity index (χ1v) is 7.96. The Labute approximate surface area is 119 Å². The standard InChI is InChI=1S/C15H25N3O2/c16-13-14(10-6-4-5-7-10)17-18(15(13)20)11-8-2-1-3-9-12(11)19/h10-12,17,19H,1-9,16H2. The van der Waals surface area contributed by atoms with E-state index >= 15 is 0 Å². The molecule has 2 saturated carbocycles. The molecule has 1 aromatic heterocycles. The molecular weight excluding hydrogens is 254 g/mol. The number of hydrogen-bond acceptors (Lipinski definition) is 3. The minimum atomic E-state index is -0.440. The summed E-state index contributed by atoms with van der Waals surface area (Å²) < 4.78 is 1.61. The van der Waals surface area contributed by atoms with Gasteiger partial charge < -0.3 is 10.8 Å². The maximum Gasteiger partial charge on any atom is 0.290 e. The van der Waals surface area contributed by atoms with Gasteiger partial charge in [-0.15, -0.1) is 0 Å². The monoisotopic (exact) mass is 279 g/mol. The largest absolute Gasteiger partial charge is 0.393 e. The van der Waals surface area contributed by atoms with Crippen LogP contribution in [0.3, 0.4) is 0 Å². The molecule has 2 aliphatic carbocycles. The summed E-state index contributed by atoms with van der Waals surface area (Å²) in [6.07, 6.45) is 9.06. The van der Waals surface area contributed by atoms with Gasteiger partial charge in [-0.25, -0.2) is 4.68 Å². The van der Waals surface area contributed by atoms with Gasteiger partial charge in [0.15, 0.2) is 0 Å². The predicted octanol–water partition coefficient (Wildman–Crippen LogP) is 2.28. The van der Waals surface area contributed by atoms with E-state index in [1.165, 1.54) is 12.8 Å². The lowest BCUT2D eigenvalue weighted by atomic mass is 10.0. The fourth-order valence-electron chi connectivity index (χ4n) is 3.81. The van der Waals surface area contributed by atoms with Crippen molar-refractivity contribution in [3.8, 4) is 0 Å². The number of aromatic nitrogens is 2. The number of hydrogen-bond donors (Lipinski definition) is 3. The quantitative estimate of drug-likeness (QED) is 0.726. The molecule has 2 fully saturated rings. The molecule has 0 radical (unpaired) electrons. The van der Waals surface area contributed by atoms with Crippen LogP contribution in [0.2, 0.25) is 0 Å². The molecule has 5 heteroatoms. The maximum atomic E-state index is 12.4. The number of nitrogens with two attached hydrogens (primary N) is 1. The normalized spacial score (nSPS) is 28.6. The molecule has 0 spiro atoms.